The maximum absolute atomic E-state index is 12.4. The first kappa shape index (κ1) is 96.9. The Balaban J connectivity index is -0.000000111. The van der Waals surface area contributed by atoms with E-state index >= 15 is 0 Å². The van der Waals surface area contributed by atoms with Crippen molar-refractivity contribution in [2.75, 3.05) is 82.8 Å². The van der Waals surface area contributed by atoms with E-state index in [0.717, 1.165) is 70.7 Å². The summed E-state index contributed by atoms with van der Waals surface area (Å²) in [5.74, 6) is 1.31. The van der Waals surface area contributed by atoms with Crippen LogP contribution in [0.25, 0.3) is 10.8 Å². The molecule has 2 N–H and O–H groups in total. The predicted molar refractivity (Wildman–Crippen MR) is 295 cm³/mol. The molecule has 0 fully saturated rings. The van der Waals surface area contributed by atoms with Crippen LogP contribution in [0.5, 0.6) is 46.0 Å². The largest absolute Gasteiger partial charge is 2.00 e. The quantitative estimate of drug-likeness (QED) is 0.0705. The number of hydrogen-bond acceptors (Lipinski definition) is 20. The number of hydrogen-bond donors (Lipinski definition) is 0. The summed E-state index contributed by atoms with van der Waals surface area (Å²) < 4.78 is 20.7. The van der Waals surface area contributed by atoms with Crippen LogP contribution in [0.4, 0.5) is 0 Å². The van der Waals surface area contributed by atoms with Gasteiger partial charge in [0.1, 0.15) is 23.0 Å². The second kappa shape index (κ2) is 59.7. The van der Waals surface area contributed by atoms with Crippen molar-refractivity contribution in [3.05, 3.63) is 104 Å². The summed E-state index contributed by atoms with van der Waals surface area (Å²) in [7, 11) is 14.0. The van der Waals surface area contributed by atoms with Gasteiger partial charge in [0.05, 0.1) is 52.7 Å². The number of rotatable bonds is 18. The first-order valence-corrected chi connectivity index (χ1v) is 23.2. The summed E-state index contributed by atoms with van der Waals surface area (Å²) in [6.07, 6.45) is 0. The smallest absolute Gasteiger partial charge is 0.870 e. The van der Waals surface area contributed by atoms with E-state index in [0.29, 0.717) is 49.2 Å². The zero-order valence-corrected chi connectivity index (χ0v) is 53.9. The van der Waals surface area contributed by atoms with Crippen molar-refractivity contribution in [3.63, 3.8) is 0 Å². The van der Waals surface area contributed by atoms with Crippen LogP contribution in [-0.2, 0) is 93.3 Å². The van der Waals surface area contributed by atoms with Gasteiger partial charge in [-0.3, -0.25) is 0 Å². The Morgan fingerprint density at radius 3 is 0.637 bits per heavy atom. The van der Waals surface area contributed by atoms with E-state index in [2.05, 4.69) is 44.0 Å². The Bertz CT molecular complexity index is 2190. The van der Waals surface area contributed by atoms with Gasteiger partial charge >= 0.3 is 67.1 Å². The SMILES string of the molecule is CC#N.CC#N.CC#N.CC#N.COc1cc(C)cc(CN(C)CCN(C)Cc2cc(C)cc(OC)c2[O-])c1[O-].COc1cc(C)cc(CN(C)CCN(C)Cc2cc(C)cc(OC)c2[O-])c1[O-].[Co+2].[Co+2].[Co+2].[Co+2].[N-]=C=S.[N-]=C=S.[OH-].[OH-]. The molecule has 0 saturated carbocycles. The molecule has 20 nitrogen and oxygen atoms in total. The minimum Gasteiger partial charge on any atom is -0.870 e. The molecule has 0 unspecified atom stereocenters. The monoisotopic (exact) mass is 1320 g/mol. The van der Waals surface area contributed by atoms with Crippen molar-refractivity contribution in [2.24, 2.45) is 0 Å². The van der Waals surface area contributed by atoms with Crippen LogP contribution in [0.3, 0.4) is 0 Å². The molecule has 4 radical (unpaired) electrons. The second-order valence-electron chi connectivity index (χ2n) is 15.8. The average molecular weight is 1320 g/mol. The van der Waals surface area contributed by atoms with Gasteiger partial charge in [-0.05, 0) is 125 Å². The zero-order chi connectivity index (χ0) is 57.9. The van der Waals surface area contributed by atoms with Crippen LogP contribution < -0.4 is 39.4 Å². The molecule has 0 bridgehead atoms. The first-order chi connectivity index (χ1) is 35.0. The number of ether oxygens (including phenoxy) is 4. The normalized spacial score (nSPS) is 8.50. The molecule has 0 aliphatic rings. The predicted octanol–water partition coefficient (Wildman–Crippen LogP) is 7.14. The Kier molecular flexibility index (Phi) is 72.3. The molecule has 0 saturated heterocycles. The Labute approximate surface area is 527 Å². The van der Waals surface area contributed by atoms with Crippen molar-refractivity contribution in [1.29, 1.82) is 21.0 Å². The fourth-order valence-corrected chi connectivity index (χ4v) is 6.49. The molecular weight excluding hydrogens is 1250 g/mol. The van der Waals surface area contributed by atoms with Gasteiger partial charge in [-0.2, -0.15) is 31.4 Å². The summed E-state index contributed by atoms with van der Waals surface area (Å²) in [4.78, 5) is 8.39. The van der Waals surface area contributed by atoms with Crippen LogP contribution in [0.1, 0.15) is 72.2 Å². The zero-order valence-electron chi connectivity index (χ0n) is 48.1. The molecule has 80 heavy (non-hydrogen) atoms. The van der Waals surface area contributed by atoms with Crippen molar-refractivity contribution in [2.45, 2.75) is 81.6 Å². The number of aryl methyl sites for hydroxylation is 4. The molecule has 0 heterocycles. The molecule has 0 amide bonds. The van der Waals surface area contributed by atoms with E-state index < -0.39 is 0 Å². The summed E-state index contributed by atoms with van der Waals surface area (Å²) in [5.41, 5.74) is 6.95. The molecule has 448 valence electrons. The van der Waals surface area contributed by atoms with Gasteiger partial charge < -0.3 is 80.7 Å². The van der Waals surface area contributed by atoms with E-state index in [4.69, 9.17) is 50.8 Å². The van der Waals surface area contributed by atoms with Crippen molar-refractivity contribution >= 4 is 34.8 Å². The van der Waals surface area contributed by atoms with E-state index in [-0.39, 0.29) is 101 Å². The van der Waals surface area contributed by atoms with Gasteiger partial charge in [-0.15, -0.1) is 0 Å². The molecule has 4 aromatic rings. The number of isothiocyanates is 2. The van der Waals surface area contributed by atoms with Crippen LogP contribution in [0.15, 0.2) is 48.5 Å². The van der Waals surface area contributed by atoms with E-state index in [9.17, 15) is 20.4 Å². The van der Waals surface area contributed by atoms with Gasteiger partial charge in [0.25, 0.3) is 0 Å². The van der Waals surface area contributed by atoms with Crippen LogP contribution in [0.2, 0.25) is 0 Å². The molecule has 4 rings (SSSR count). The van der Waals surface area contributed by atoms with Crippen molar-refractivity contribution in [3.8, 4) is 70.3 Å². The van der Waals surface area contributed by atoms with Gasteiger partial charge in [-0.1, -0.05) is 71.7 Å². The molecule has 0 aliphatic carbocycles. The van der Waals surface area contributed by atoms with Crippen molar-refractivity contribution in [1.82, 2.24) is 19.6 Å². The Morgan fingerprint density at radius 1 is 0.400 bits per heavy atom. The molecule has 0 aromatic heterocycles. The van der Waals surface area contributed by atoms with Gasteiger partial charge in [-0.25, -0.2) is 0 Å². The molecule has 0 spiro atoms. The fraction of sp³-hybridized carbons (Fsp3) is 0.444. The summed E-state index contributed by atoms with van der Waals surface area (Å²) in [6, 6.07) is 21.7. The topological polar surface area (TPSA) is 342 Å². The second-order valence-corrected chi connectivity index (χ2v) is 16.2. The molecule has 4 aromatic carbocycles. The van der Waals surface area contributed by atoms with Crippen LogP contribution >= 0.6 is 24.4 Å². The standard InChI is InChI=1S/2C22H32N2O4.4C2H3N.2CNS.4Co.2H2O/c2*1-15-9-17(21(25)19(11-15)27-5)13-23(3)7-8-24(4)14-18-10-16(2)12-20(28-6)22(18)26;4*1-2-3;2*2-1-3;;;;;;/h2*9-12,25-26H,7-8,13-14H2,1-6H3;4*1H3;;;;;;;2*1H2/q;;;;;;2*-1;4*+2;;/p-6. The molecule has 0 aliphatic heterocycles. The third-order valence-corrected chi connectivity index (χ3v) is 9.47. The van der Waals surface area contributed by atoms with Gasteiger partial charge in [0.15, 0.2) is 0 Å². The third kappa shape index (κ3) is 43.4. The minimum atomic E-state index is -0.0591. The summed E-state index contributed by atoms with van der Waals surface area (Å²) in [5, 5.41) is 95.8. The first-order valence-electron chi connectivity index (χ1n) is 22.4. The number of methoxy groups -OCH3 is 4. The maximum atomic E-state index is 12.4. The van der Waals surface area contributed by atoms with E-state index in [1.54, 1.807) is 48.5 Å². The summed E-state index contributed by atoms with van der Waals surface area (Å²) >= 11 is 7.40. The van der Waals surface area contributed by atoms with Crippen molar-refractivity contribution < 1.29 is 117 Å². The average Bonchev–Trinajstić information content (AvgIpc) is 3.33. The minimum absolute atomic E-state index is 0. The van der Waals surface area contributed by atoms with Gasteiger partial charge in [0.2, 0.25) is 0 Å². The van der Waals surface area contributed by atoms with Crippen LogP contribution in [0, 0.1) is 73.0 Å². The summed E-state index contributed by atoms with van der Waals surface area (Å²) in [6.45, 7) is 18.8. The maximum Gasteiger partial charge on any atom is 2.00 e. The number of nitrogens with zero attached hydrogens (tertiary/aromatic N) is 10. The number of thiocarbonyl (C=S) groups is 2. The number of likely N-dealkylation sites (N-methyl/N-ethyl adjacent to an activating group) is 4. The fourth-order valence-electron chi connectivity index (χ4n) is 6.49. The van der Waals surface area contributed by atoms with Crippen LogP contribution in [-0.4, -0.2) is 124 Å². The third-order valence-electron chi connectivity index (χ3n) is 9.47. The van der Waals surface area contributed by atoms with E-state index in [1.807, 2.05) is 80.2 Å². The number of benzene rings is 4. The molecule has 0 atom stereocenters. The molecule has 26 heteroatoms. The molecular formula is C54H74Co4N10O10S2. The van der Waals surface area contributed by atoms with Gasteiger partial charge in [0, 0.05) is 80.1 Å². The van der Waals surface area contributed by atoms with E-state index in [1.165, 1.54) is 66.5 Å². The number of nitriles is 4. The Hall–Kier alpha value is -5.37. The Morgan fingerprint density at radius 2 is 0.525 bits per heavy atom.